The van der Waals surface area contributed by atoms with Crippen molar-refractivity contribution < 1.29 is 18.7 Å². The second-order valence-corrected chi connectivity index (χ2v) is 5.37. The average molecular weight is 351 g/mol. The maximum absolute atomic E-state index is 12.5. The van der Waals surface area contributed by atoms with E-state index in [0.29, 0.717) is 23.1 Å². The summed E-state index contributed by atoms with van der Waals surface area (Å²) in [5, 5.41) is 3.18. The first kappa shape index (κ1) is 17.9. The lowest BCUT2D eigenvalue weighted by molar-refractivity contribution is -0.143. The number of amides is 2. The molecule has 24 heavy (non-hydrogen) atoms. The summed E-state index contributed by atoms with van der Waals surface area (Å²) < 4.78 is 10.2. The Morgan fingerprint density at radius 2 is 2.04 bits per heavy atom. The van der Waals surface area contributed by atoms with Crippen LogP contribution in [0, 0.1) is 0 Å². The molecule has 0 aliphatic rings. The van der Waals surface area contributed by atoms with Gasteiger partial charge in [0.25, 0.3) is 0 Å². The molecule has 0 aliphatic heterocycles. The minimum absolute atomic E-state index is 0.102. The standard InChI is InChI=1S/C17H19ClN2O4/c1-2-23-16(21)9-10-20(12-13-6-5-11-24-13)17(22)19-15-8-4-3-7-14(15)18/h3-8,11H,2,9-10,12H2,1H3,(H,19,22). The number of hydrogen-bond acceptors (Lipinski definition) is 4. The van der Waals surface area contributed by atoms with E-state index in [1.807, 2.05) is 0 Å². The van der Waals surface area contributed by atoms with E-state index in [0.717, 1.165) is 0 Å². The largest absolute Gasteiger partial charge is 0.467 e. The summed E-state index contributed by atoms with van der Waals surface area (Å²) >= 11 is 6.06. The van der Waals surface area contributed by atoms with E-state index < -0.39 is 0 Å². The third kappa shape index (κ3) is 5.31. The highest BCUT2D eigenvalue weighted by atomic mass is 35.5. The molecule has 1 heterocycles. The van der Waals surface area contributed by atoms with Crippen LogP contribution in [0.2, 0.25) is 5.02 Å². The van der Waals surface area contributed by atoms with Crippen molar-refractivity contribution in [2.75, 3.05) is 18.5 Å². The van der Waals surface area contributed by atoms with E-state index in [2.05, 4.69) is 5.32 Å². The van der Waals surface area contributed by atoms with Gasteiger partial charge in [0.2, 0.25) is 0 Å². The summed E-state index contributed by atoms with van der Waals surface area (Å²) in [6.45, 7) is 2.49. The summed E-state index contributed by atoms with van der Waals surface area (Å²) in [4.78, 5) is 25.6. The highest BCUT2D eigenvalue weighted by Gasteiger charge is 2.18. The molecule has 1 N–H and O–H groups in total. The lowest BCUT2D eigenvalue weighted by Crippen LogP contribution is -2.36. The number of carbonyl (C=O) groups is 2. The van der Waals surface area contributed by atoms with E-state index >= 15 is 0 Å². The molecule has 0 spiro atoms. The molecule has 128 valence electrons. The molecule has 1 aromatic heterocycles. The number of furan rings is 1. The molecule has 0 saturated carbocycles. The lowest BCUT2D eigenvalue weighted by atomic mass is 10.3. The third-order valence-corrected chi connectivity index (χ3v) is 3.55. The van der Waals surface area contributed by atoms with Crippen molar-refractivity contribution in [2.45, 2.75) is 19.9 Å². The summed E-state index contributed by atoms with van der Waals surface area (Å²) in [5.41, 5.74) is 0.504. The fraction of sp³-hybridized carbons (Fsp3) is 0.294. The highest BCUT2D eigenvalue weighted by Crippen LogP contribution is 2.21. The van der Waals surface area contributed by atoms with Gasteiger partial charge in [-0.1, -0.05) is 23.7 Å². The third-order valence-electron chi connectivity index (χ3n) is 3.22. The van der Waals surface area contributed by atoms with E-state index in [1.165, 1.54) is 11.2 Å². The van der Waals surface area contributed by atoms with Crippen LogP contribution in [0.1, 0.15) is 19.1 Å². The molecule has 0 fully saturated rings. The van der Waals surface area contributed by atoms with Crippen molar-refractivity contribution in [1.82, 2.24) is 4.90 Å². The van der Waals surface area contributed by atoms with Gasteiger partial charge in [0.15, 0.2) is 0 Å². The first-order valence-corrected chi connectivity index (χ1v) is 7.96. The Morgan fingerprint density at radius 3 is 2.71 bits per heavy atom. The van der Waals surface area contributed by atoms with Crippen molar-refractivity contribution in [3.8, 4) is 0 Å². The van der Waals surface area contributed by atoms with Crippen molar-refractivity contribution in [1.29, 1.82) is 0 Å². The molecule has 2 rings (SSSR count). The lowest BCUT2D eigenvalue weighted by Gasteiger charge is -2.22. The Morgan fingerprint density at radius 1 is 1.25 bits per heavy atom. The second kappa shape index (κ2) is 8.98. The van der Waals surface area contributed by atoms with Gasteiger partial charge in [0.05, 0.1) is 36.5 Å². The zero-order chi connectivity index (χ0) is 17.4. The molecular weight excluding hydrogens is 332 g/mol. The van der Waals surface area contributed by atoms with Crippen LogP contribution >= 0.6 is 11.6 Å². The van der Waals surface area contributed by atoms with Crippen LogP contribution in [0.3, 0.4) is 0 Å². The normalized spacial score (nSPS) is 10.2. The van der Waals surface area contributed by atoms with Gasteiger partial charge >= 0.3 is 12.0 Å². The Kier molecular flexibility index (Phi) is 6.69. The highest BCUT2D eigenvalue weighted by molar-refractivity contribution is 6.33. The number of anilines is 1. The number of urea groups is 1. The van der Waals surface area contributed by atoms with E-state index in [-0.39, 0.29) is 31.5 Å². The zero-order valence-corrected chi connectivity index (χ0v) is 14.1. The van der Waals surface area contributed by atoms with Gasteiger partial charge < -0.3 is 19.4 Å². The van der Waals surface area contributed by atoms with Gasteiger partial charge in [-0.05, 0) is 31.2 Å². The maximum atomic E-state index is 12.5. The minimum atomic E-state index is -0.371. The van der Waals surface area contributed by atoms with Gasteiger partial charge in [-0.3, -0.25) is 4.79 Å². The van der Waals surface area contributed by atoms with E-state index in [9.17, 15) is 9.59 Å². The van der Waals surface area contributed by atoms with Crippen molar-refractivity contribution in [2.24, 2.45) is 0 Å². The number of para-hydroxylation sites is 1. The second-order valence-electron chi connectivity index (χ2n) is 4.97. The number of halogens is 1. The number of benzene rings is 1. The molecule has 0 radical (unpaired) electrons. The summed E-state index contributed by atoms with van der Waals surface area (Å²) in [7, 11) is 0. The number of hydrogen-bond donors (Lipinski definition) is 1. The number of nitrogens with one attached hydrogen (secondary N) is 1. The maximum Gasteiger partial charge on any atom is 0.322 e. The Hall–Kier alpha value is -2.47. The Bertz CT molecular complexity index is 673. The van der Waals surface area contributed by atoms with E-state index in [4.69, 9.17) is 20.8 Å². The van der Waals surface area contributed by atoms with Crippen LogP contribution in [0.5, 0.6) is 0 Å². The first-order chi connectivity index (χ1) is 11.6. The molecule has 1 aromatic carbocycles. The van der Waals surface area contributed by atoms with Gasteiger partial charge in [-0.15, -0.1) is 0 Å². The number of esters is 1. The molecular formula is C17H19ClN2O4. The number of nitrogens with zero attached hydrogens (tertiary/aromatic N) is 1. The van der Waals surface area contributed by atoms with Crippen molar-refractivity contribution >= 4 is 29.3 Å². The molecule has 0 aliphatic carbocycles. The zero-order valence-electron chi connectivity index (χ0n) is 13.3. The molecule has 0 saturated heterocycles. The van der Waals surface area contributed by atoms with Crippen LogP contribution < -0.4 is 5.32 Å². The predicted octanol–water partition coefficient (Wildman–Crippen LogP) is 3.92. The molecule has 2 amide bonds. The fourth-order valence-electron chi connectivity index (χ4n) is 2.06. The first-order valence-electron chi connectivity index (χ1n) is 7.58. The van der Waals surface area contributed by atoms with Gasteiger partial charge in [0.1, 0.15) is 5.76 Å². The summed E-state index contributed by atoms with van der Waals surface area (Å²) in [6, 6.07) is 10.1. The Labute approximate surface area is 145 Å². The number of carbonyl (C=O) groups excluding carboxylic acids is 2. The van der Waals surface area contributed by atoms with Gasteiger partial charge in [-0.2, -0.15) is 0 Å². The number of rotatable bonds is 7. The van der Waals surface area contributed by atoms with Crippen LogP contribution in [0.25, 0.3) is 0 Å². The monoisotopic (exact) mass is 350 g/mol. The fourth-order valence-corrected chi connectivity index (χ4v) is 2.24. The predicted molar refractivity (Wildman–Crippen MR) is 90.8 cm³/mol. The van der Waals surface area contributed by atoms with Gasteiger partial charge in [0, 0.05) is 6.54 Å². The molecule has 2 aromatic rings. The Balaban J connectivity index is 2.04. The summed E-state index contributed by atoms with van der Waals surface area (Å²) in [5.74, 6) is 0.264. The van der Waals surface area contributed by atoms with Crippen molar-refractivity contribution in [3.05, 3.63) is 53.4 Å². The molecule has 6 nitrogen and oxygen atoms in total. The average Bonchev–Trinajstić information content (AvgIpc) is 3.07. The molecule has 0 bridgehead atoms. The molecule has 7 heteroatoms. The quantitative estimate of drug-likeness (QED) is 0.768. The van der Waals surface area contributed by atoms with Crippen molar-refractivity contribution in [3.63, 3.8) is 0 Å². The van der Waals surface area contributed by atoms with Crippen LogP contribution in [-0.2, 0) is 16.1 Å². The SMILES string of the molecule is CCOC(=O)CCN(Cc1ccco1)C(=O)Nc1ccccc1Cl. The van der Waals surface area contributed by atoms with Crippen LogP contribution in [-0.4, -0.2) is 30.1 Å². The van der Waals surface area contributed by atoms with Gasteiger partial charge in [-0.25, -0.2) is 4.79 Å². The number of ether oxygens (including phenoxy) is 1. The topological polar surface area (TPSA) is 71.8 Å². The minimum Gasteiger partial charge on any atom is -0.467 e. The van der Waals surface area contributed by atoms with Crippen LogP contribution in [0.4, 0.5) is 10.5 Å². The van der Waals surface area contributed by atoms with Crippen LogP contribution in [0.15, 0.2) is 47.1 Å². The summed E-state index contributed by atoms with van der Waals surface area (Å²) in [6.07, 6.45) is 1.63. The molecule has 0 atom stereocenters. The molecule has 0 unspecified atom stereocenters. The smallest absolute Gasteiger partial charge is 0.322 e. The van der Waals surface area contributed by atoms with E-state index in [1.54, 1.807) is 43.3 Å².